The van der Waals surface area contributed by atoms with E-state index in [1.54, 1.807) is 0 Å². The third kappa shape index (κ3) is 6.31. The molecular formula is C28H30ClF3N2O4. The van der Waals surface area contributed by atoms with Crippen LogP contribution in [0, 0.1) is 11.8 Å². The Hall–Kier alpha value is -3.07. The second kappa shape index (κ2) is 11.4. The van der Waals surface area contributed by atoms with E-state index < -0.39 is 28.4 Å². The molecule has 1 aliphatic rings. The molecule has 0 amide bonds. The van der Waals surface area contributed by atoms with Crippen LogP contribution >= 0.6 is 11.6 Å². The minimum Gasteiger partial charge on any atom is -0.506 e. The van der Waals surface area contributed by atoms with Crippen LogP contribution in [-0.4, -0.2) is 26.2 Å². The minimum absolute atomic E-state index is 0.0603. The number of nitrogens with zero attached hydrogens (tertiary/aromatic N) is 1. The van der Waals surface area contributed by atoms with Crippen molar-refractivity contribution in [2.75, 3.05) is 0 Å². The molecule has 0 bridgehead atoms. The SMILES string of the molecule is CC(=O)[C@H](CC(=O)CCC1CCC(n2c(=O)[nH]c3ccccc32)CC1)Cc1cc(Cl)c(O)c(C(F)(F)F)c1. The predicted molar refractivity (Wildman–Crippen MR) is 138 cm³/mol. The molecule has 0 saturated heterocycles. The molecule has 1 aromatic heterocycles. The van der Waals surface area contributed by atoms with Crippen molar-refractivity contribution in [3.8, 4) is 5.75 Å². The van der Waals surface area contributed by atoms with E-state index in [0.29, 0.717) is 12.3 Å². The number of fused-ring (bicyclic) bond motifs is 1. The van der Waals surface area contributed by atoms with Crippen LogP contribution < -0.4 is 5.69 Å². The number of hydrogen-bond acceptors (Lipinski definition) is 4. The van der Waals surface area contributed by atoms with Crippen LogP contribution in [0.3, 0.4) is 0 Å². The van der Waals surface area contributed by atoms with E-state index in [9.17, 15) is 32.7 Å². The zero-order valence-corrected chi connectivity index (χ0v) is 21.7. The van der Waals surface area contributed by atoms with Crippen LogP contribution in [-0.2, 0) is 22.2 Å². The Balaban J connectivity index is 1.31. The zero-order chi connectivity index (χ0) is 27.6. The van der Waals surface area contributed by atoms with Gasteiger partial charge in [-0.1, -0.05) is 23.7 Å². The molecule has 10 heteroatoms. The molecule has 1 atom stereocenters. The number of rotatable bonds is 9. The minimum atomic E-state index is -4.80. The standard InChI is InChI=1S/C28H30ClF3N2O4/c1-16(35)19(12-18-13-22(28(30,31)32)26(37)23(29)14-18)15-21(36)11-8-17-6-9-20(10-7-17)34-25-5-3-2-4-24(25)33-27(34)38/h2-5,13-14,17,19-20,37H,6-12,15H2,1H3,(H,33,38)/t17?,19-,20?/m0/s1. The number of aromatic hydroxyl groups is 1. The fourth-order valence-electron chi connectivity index (χ4n) is 5.50. The summed E-state index contributed by atoms with van der Waals surface area (Å²) in [6.07, 6.45) is -0.549. The van der Waals surface area contributed by atoms with Crippen molar-refractivity contribution in [3.05, 3.63) is 63.0 Å². The highest BCUT2D eigenvalue weighted by Gasteiger charge is 2.35. The third-order valence-electron chi connectivity index (χ3n) is 7.60. The third-order valence-corrected chi connectivity index (χ3v) is 7.88. The molecule has 0 unspecified atom stereocenters. The predicted octanol–water partition coefficient (Wildman–Crippen LogP) is 6.63. The van der Waals surface area contributed by atoms with Gasteiger partial charge in [-0.15, -0.1) is 0 Å². The Kier molecular flexibility index (Phi) is 8.35. The number of aromatic nitrogens is 2. The average Bonchev–Trinajstić information content (AvgIpc) is 3.19. The van der Waals surface area contributed by atoms with Gasteiger partial charge >= 0.3 is 11.9 Å². The summed E-state index contributed by atoms with van der Waals surface area (Å²) in [6.45, 7) is 1.32. The normalized spacial score (nSPS) is 19.0. The number of halogens is 4. The lowest BCUT2D eigenvalue weighted by Gasteiger charge is -2.29. The highest BCUT2D eigenvalue weighted by Crippen LogP contribution is 2.41. The van der Waals surface area contributed by atoms with E-state index in [-0.39, 0.29) is 48.1 Å². The molecule has 0 spiro atoms. The molecule has 204 valence electrons. The van der Waals surface area contributed by atoms with Gasteiger partial charge in [0.1, 0.15) is 17.3 Å². The van der Waals surface area contributed by atoms with Gasteiger partial charge in [0.15, 0.2) is 0 Å². The molecule has 2 N–H and O–H groups in total. The number of Topliss-reactive ketones (excluding diaryl/α,β-unsaturated/α-hetero) is 2. The zero-order valence-electron chi connectivity index (χ0n) is 21.0. The number of alkyl halides is 3. The fraction of sp³-hybridized carbons (Fsp3) is 0.464. The lowest BCUT2D eigenvalue weighted by atomic mass is 9.82. The van der Waals surface area contributed by atoms with Crippen molar-refractivity contribution in [1.29, 1.82) is 0 Å². The number of hydrogen-bond donors (Lipinski definition) is 2. The van der Waals surface area contributed by atoms with Crippen molar-refractivity contribution < 1.29 is 27.9 Å². The molecule has 1 fully saturated rings. The van der Waals surface area contributed by atoms with Crippen LogP contribution in [0.1, 0.15) is 69.0 Å². The van der Waals surface area contributed by atoms with Gasteiger partial charge in [-0.3, -0.25) is 14.2 Å². The number of carbonyl (C=O) groups is 2. The van der Waals surface area contributed by atoms with E-state index in [2.05, 4.69) is 4.98 Å². The van der Waals surface area contributed by atoms with Gasteiger partial charge in [0.25, 0.3) is 0 Å². The molecule has 6 nitrogen and oxygen atoms in total. The number of aromatic amines is 1. The van der Waals surface area contributed by atoms with E-state index in [1.807, 2.05) is 28.8 Å². The lowest BCUT2D eigenvalue weighted by molar-refractivity contribution is -0.138. The maximum absolute atomic E-state index is 13.2. The Bertz CT molecular complexity index is 1390. The maximum Gasteiger partial charge on any atom is 0.420 e. The van der Waals surface area contributed by atoms with E-state index >= 15 is 0 Å². The largest absolute Gasteiger partial charge is 0.506 e. The second-order valence-corrected chi connectivity index (χ2v) is 10.7. The van der Waals surface area contributed by atoms with Crippen LogP contribution in [0.25, 0.3) is 11.0 Å². The summed E-state index contributed by atoms with van der Waals surface area (Å²) in [4.78, 5) is 40.3. The van der Waals surface area contributed by atoms with Gasteiger partial charge in [-0.2, -0.15) is 13.2 Å². The number of nitrogens with one attached hydrogen (secondary N) is 1. The summed E-state index contributed by atoms with van der Waals surface area (Å²) in [5.41, 5.74) is 0.466. The van der Waals surface area contributed by atoms with E-state index in [1.165, 1.54) is 13.0 Å². The van der Waals surface area contributed by atoms with Gasteiger partial charge in [-0.05, 0) is 81.2 Å². The number of phenols is 1. The first-order chi connectivity index (χ1) is 17.9. The van der Waals surface area contributed by atoms with Crippen molar-refractivity contribution in [2.24, 2.45) is 11.8 Å². The Morgan fingerprint density at radius 3 is 2.50 bits per heavy atom. The Labute approximate surface area is 222 Å². The molecular weight excluding hydrogens is 521 g/mol. The first kappa shape index (κ1) is 28.0. The van der Waals surface area contributed by atoms with E-state index in [0.717, 1.165) is 42.8 Å². The van der Waals surface area contributed by atoms with E-state index in [4.69, 9.17) is 11.6 Å². The van der Waals surface area contributed by atoms with Gasteiger partial charge < -0.3 is 10.1 Å². The maximum atomic E-state index is 13.2. The van der Waals surface area contributed by atoms with Crippen LogP contribution in [0.4, 0.5) is 13.2 Å². The molecule has 0 radical (unpaired) electrons. The van der Waals surface area contributed by atoms with Crippen molar-refractivity contribution in [3.63, 3.8) is 0 Å². The molecule has 0 aliphatic heterocycles. The second-order valence-electron chi connectivity index (χ2n) is 10.3. The molecule has 1 heterocycles. The van der Waals surface area contributed by atoms with Gasteiger partial charge in [0, 0.05) is 24.8 Å². The summed E-state index contributed by atoms with van der Waals surface area (Å²) in [7, 11) is 0. The lowest BCUT2D eigenvalue weighted by Crippen LogP contribution is -2.26. The number of para-hydroxylation sites is 2. The number of benzene rings is 2. The van der Waals surface area contributed by atoms with Gasteiger partial charge in [-0.25, -0.2) is 4.79 Å². The highest BCUT2D eigenvalue weighted by molar-refractivity contribution is 6.32. The number of phenolic OH excluding ortho intramolecular Hbond substituents is 1. The number of H-pyrrole nitrogens is 1. The quantitative estimate of drug-likeness (QED) is 0.313. The Morgan fingerprint density at radius 1 is 1.16 bits per heavy atom. The monoisotopic (exact) mass is 550 g/mol. The van der Waals surface area contributed by atoms with Crippen molar-refractivity contribution in [2.45, 2.75) is 70.5 Å². The molecule has 3 aromatic rings. The summed E-state index contributed by atoms with van der Waals surface area (Å²) in [5.74, 6) is -1.89. The van der Waals surface area contributed by atoms with Gasteiger partial charge in [0.2, 0.25) is 0 Å². The molecule has 4 rings (SSSR count). The number of imidazole rings is 1. The van der Waals surface area contributed by atoms with Crippen LogP contribution in [0.2, 0.25) is 5.02 Å². The molecule has 1 saturated carbocycles. The summed E-state index contributed by atoms with van der Waals surface area (Å²) in [6, 6.07) is 9.68. The van der Waals surface area contributed by atoms with Crippen LogP contribution in [0.15, 0.2) is 41.2 Å². The first-order valence-corrected chi connectivity index (χ1v) is 13.1. The topological polar surface area (TPSA) is 92.2 Å². The number of ketones is 2. The molecule has 38 heavy (non-hydrogen) atoms. The first-order valence-electron chi connectivity index (χ1n) is 12.7. The highest BCUT2D eigenvalue weighted by atomic mass is 35.5. The average molecular weight is 551 g/mol. The smallest absolute Gasteiger partial charge is 0.420 e. The summed E-state index contributed by atoms with van der Waals surface area (Å²) < 4.78 is 41.5. The summed E-state index contributed by atoms with van der Waals surface area (Å²) >= 11 is 5.79. The van der Waals surface area contributed by atoms with Crippen molar-refractivity contribution in [1.82, 2.24) is 9.55 Å². The Morgan fingerprint density at radius 2 is 1.84 bits per heavy atom. The number of carbonyl (C=O) groups excluding carboxylic acids is 2. The molecule has 2 aromatic carbocycles. The van der Waals surface area contributed by atoms with Crippen LogP contribution in [0.5, 0.6) is 5.75 Å². The molecule has 1 aliphatic carbocycles. The van der Waals surface area contributed by atoms with Crippen molar-refractivity contribution >= 4 is 34.2 Å². The van der Waals surface area contributed by atoms with Gasteiger partial charge in [0.05, 0.1) is 21.6 Å². The fourth-order valence-corrected chi connectivity index (χ4v) is 5.75. The summed E-state index contributed by atoms with van der Waals surface area (Å²) in [5, 5.41) is 9.23.